The van der Waals surface area contributed by atoms with E-state index in [1.165, 1.54) is 12.1 Å². The molecule has 1 aromatic heterocycles. The molecule has 0 amide bonds. The van der Waals surface area contributed by atoms with E-state index in [-0.39, 0.29) is 18.1 Å². The van der Waals surface area contributed by atoms with Crippen LogP contribution in [0.3, 0.4) is 0 Å². The van der Waals surface area contributed by atoms with Gasteiger partial charge in [-0.15, -0.1) is 0 Å². The second-order valence-electron chi connectivity index (χ2n) is 6.97. The van der Waals surface area contributed by atoms with Crippen molar-refractivity contribution in [2.45, 2.75) is 31.9 Å². The summed E-state index contributed by atoms with van der Waals surface area (Å²) in [5, 5.41) is 13.7. The molecule has 26 heavy (non-hydrogen) atoms. The molecule has 1 aromatic carbocycles. The Bertz CT molecular complexity index is 781. The van der Waals surface area contributed by atoms with E-state index in [0.29, 0.717) is 17.0 Å². The summed E-state index contributed by atoms with van der Waals surface area (Å²) in [6, 6.07) is 7.86. The fraction of sp³-hybridized carbons (Fsp3) is 0.421. The number of aliphatic hydroxyl groups is 1. The van der Waals surface area contributed by atoms with Gasteiger partial charge in [0.05, 0.1) is 16.4 Å². The third-order valence-electron chi connectivity index (χ3n) is 4.37. The molecule has 1 heterocycles. The molecular formula is C19H24ClF2N3O. The minimum absolute atomic E-state index is 0.0170. The molecule has 0 fully saturated rings. The van der Waals surface area contributed by atoms with Gasteiger partial charge in [-0.2, -0.15) is 0 Å². The van der Waals surface area contributed by atoms with Gasteiger partial charge < -0.3 is 16.2 Å². The van der Waals surface area contributed by atoms with Gasteiger partial charge in [0.1, 0.15) is 18.1 Å². The Kier molecular flexibility index (Phi) is 6.34. The first-order valence-corrected chi connectivity index (χ1v) is 8.70. The van der Waals surface area contributed by atoms with Crippen molar-refractivity contribution in [3.05, 3.63) is 52.4 Å². The van der Waals surface area contributed by atoms with Crippen molar-refractivity contribution in [2.24, 2.45) is 5.73 Å². The molecule has 142 valence electrons. The summed E-state index contributed by atoms with van der Waals surface area (Å²) < 4.78 is 26.1. The van der Waals surface area contributed by atoms with Crippen molar-refractivity contribution in [2.75, 3.05) is 19.8 Å². The van der Waals surface area contributed by atoms with Crippen LogP contribution in [-0.4, -0.2) is 29.9 Å². The topological polar surface area (TPSA) is 71.2 Å². The summed E-state index contributed by atoms with van der Waals surface area (Å²) in [6.07, 6.45) is 0. The second kappa shape index (κ2) is 7.96. The lowest BCUT2D eigenvalue weighted by atomic mass is 9.89. The van der Waals surface area contributed by atoms with E-state index < -0.39 is 23.6 Å². The predicted molar refractivity (Wildman–Crippen MR) is 100 cm³/mol. The maximum absolute atomic E-state index is 13.5. The molecule has 0 aliphatic carbocycles. The number of benzene rings is 1. The Morgan fingerprint density at radius 2 is 1.92 bits per heavy atom. The van der Waals surface area contributed by atoms with E-state index in [4.69, 9.17) is 17.3 Å². The summed E-state index contributed by atoms with van der Waals surface area (Å²) in [6.45, 7) is 5.05. The van der Waals surface area contributed by atoms with E-state index >= 15 is 0 Å². The highest BCUT2D eigenvalue weighted by molar-refractivity contribution is 6.31. The minimum atomic E-state index is -1.34. The smallest absolute Gasteiger partial charge is 0.141 e. The maximum Gasteiger partial charge on any atom is 0.141 e. The van der Waals surface area contributed by atoms with Crippen LogP contribution in [0.2, 0.25) is 5.02 Å². The van der Waals surface area contributed by atoms with Crippen molar-refractivity contribution in [1.82, 2.24) is 10.3 Å². The third kappa shape index (κ3) is 4.57. The Morgan fingerprint density at radius 1 is 1.23 bits per heavy atom. The predicted octanol–water partition coefficient (Wildman–Crippen LogP) is 3.50. The molecule has 0 saturated heterocycles. The van der Waals surface area contributed by atoms with Gasteiger partial charge in [0.15, 0.2) is 0 Å². The van der Waals surface area contributed by atoms with Crippen LogP contribution in [-0.2, 0) is 11.1 Å². The number of nitrogens with zero attached hydrogens (tertiary/aromatic N) is 1. The van der Waals surface area contributed by atoms with E-state index in [1.54, 1.807) is 19.1 Å². The fourth-order valence-electron chi connectivity index (χ4n) is 2.54. The highest BCUT2D eigenvalue weighted by Crippen LogP contribution is 2.31. The zero-order chi connectivity index (χ0) is 19.5. The Labute approximate surface area is 157 Å². The normalized spacial score (nSPS) is 14.3. The van der Waals surface area contributed by atoms with Gasteiger partial charge >= 0.3 is 0 Å². The Morgan fingerprint density at radius 3 is 2.50 bits per heavy atom. The average molecular weight is 384 g/mol. The zero-order valence-corrected chi connectivity index (χ0v) is 15.9. The van der Waals surface area contributed by atoms with Gasteiger partial charge in [-0.25, -0.2) is 13.8 Å². The summed E-state index contributed by atoms with van der Waals surface area (Å²) >= 11 is 5.89. The molecule has 4 nitrogen and oxygen atoms in total. The van der Waals surface area contributed by atoms with Crippen molar-refractivity contribution in [3.63, 3.8) is 0 Å². The molecule has 0 bridgehead atoms. The SMILES string of the molecule is CC(O)(CN)c1cc(C(C)(C)NCCF)cc(-c2ccc(F)c(Cl)c2)n1. The van der Waals surface area contributed by atoms with Crippen molar-refractivity contribution < 1.29 is 13.9 Å². The molecule has 2 rings (SSSR count). The third-order valence-corrected chi connectivity index (χ3v) is 4.66. The first-order valence-electron chi connectivity index (χ1n) is 8.32. The molecular weight excluding hydrogens is 360 g/mol. The summed E-state index contributed by atoms with van der Waals surface area (Å²) in [7, 11) is 0. The van der Waals surface area contributed by atoms with Gasteiger partial charge in [-0.3, -0.25) is 0 Å². The summed E-state index contributed by atoms with van der Waals surface area (Å²) in [5.41, 5.74) is 6.06. The maximum atomic E-state index is 13.5. The first kappa shape index (κ1) is 20.7. The Balaban J connectivity index is 2.62. The number of hydrogen-bond acceptors (Lipinski definition) is 4. The quantitative estimate of drug-likeness (QED) is 0.684. The van der Waals surface area contributed by atoms with Crippen LogP contribution in [0.1, 0.15) is 32.0 Å². The van der Waals surface area contributed by atoms with Crippen molar-refractivity contribution in [3.8, 4) is 11.3 Å². The van der Waals surface area contributed by atoms with Gasteiger partial charge in [0, 0.05) is 24.2 Å². The molecule has 1 unspecified atom stereocenters. The van der Waals surface area contributed by atoms with Gasteiger partial charge in [0.2, 0.25) is 0 Å². The Hall–Kier alpha value is -1.60. The molecule has 0 spiro atoms. The molecule has 0 radical (unpaired) electrons. The lowest BCUT2D eigenvalue weighted by Gasteiger charge is -2.29. The van der Waals surface area contributed by atoms with E-state index in [9.17, 15) is 13.9 Å². The molecule has 2 aromatic rings. The van der Waals surface area contributed by atoms with Crippen LogP contribution in [0.4, 0.5) is 8.78 Å². The van der Waals surface area contributed by atoms with E-state index in [2.05, 4.69) is 10.3 Å². The lowest BCUT2D eigenvalue weighted by molar-refractivity contribution is 0.0621. The number of nitrogens with one attached hydrogen (secondary N) is 1. The lowest BCUT2D eigenvalue weighted by Crippen LogP contribution is -2.39. The molecule has 0 aliphatic rings. The summed E-state index contributed by atoms with van der Waals surface area (Å²) in [4.78, 5) is 4.50. The molecule has 0 saturated carbocycles. The molecule has 4 N–H and O–H groups in total. The van der Waals surface area contributed by atoms with Gasteiger partial charge in [-0.05, 0) is 56.7 Å². The zero-order valence-electron chi connectivity index (χ0n) is 15.1. The largest absolute Gasteiger partial charge is 0.383 e. The number of halogens is 3. The second-order valence-corrected chi connectivity index (χ2v) is 7.38. The highest BCUT2D eigenvalue weighted by atomic mass is 35.5. The van der Waals surface area contributed by atoms with Crippen molar-refractivity contribution in [1.29, 1.82) is 0 Å². The monoisotopic (exact) mass is 383 g/mol. The van der Waals surface area contributed by atoms with Crippen LogP contribution in [0, 0.1) is 5.82 Å². The number of hydrogen-bond donors (Lipinski definition) is 3. The van der Waals surface area contributed by atoms with Crippen molar-refractivity contribution >= 4 is 11.6 Å². The molecule has 1 atom stereocenters. The number of nitrogens with two attached hydrogens (primary N) is 1. The van der Waals surface area contributed by atoms with Crippen LogP contribution >= 0.6 is 11.6 Å². The van der Waals surface area contributed by atoms with Crippen LogP contribution in [0.25, 0.3) is 11.3 Å². The highest BCUT2D eigenvalue weighted by Gasteiger charge is 2.28. The number of aromatic nitrogens is 1. The molecule has 7 heteroatoms. The summed E-state index contributed by atoms with van der Waals surface area (Å²) in [5.74, 6) is -0.523. The standard InChI is InChI=1S/C19H24ClF2N3O/c1-18(2,24-7-6-21)13-9-16(12-4-5-15(22)14(20)8-12)25-17(10-13)19(3,26)11-23/h4-5,8-10,24,26H,6-7,11,23H2,1-3H3. The van der Waals surface area contributed by atoms with Gasteiger partial charge in [0.25, 0.3) is 0 Å². The van der Waals surface area contributed by atoms with Crippen LogP contribution in [0.5, 0.6) is 0 Å². The number of rotatable bonds is 7. The van der Waals surface area contributed by atoms with E-state index in [0.717, 1.165) is 5.56 Å². The number of pyridine rings is 1. The van der Waals surface area contributed by atoms with Crippen LogP contribution < -0.4 is 11.1 Å². The first-order chi connectivity index (χ1) is 12.1. The fourth-order valence-corrected chi connectivity index (χ4v) is 2.72. The van der Waals surface area contributed by atoms with E-state index in [1.807, 2.05) is 19.9 Å². The van der Waals surface area contributed by atoms with Gasteiger partial charge in [-0.1, -0.05) is 11.6 Å². The minimum Gasteiger partial charge on any atom is -0.383 e. The van der Waals surface area contributed by atoms with Crippen LogP contribution in [0.15, 0.2) is 30.3 Å². The molecule has 0 aliphatic heterocycles. The average Bonchev–Trinajstić information content (AvgIpc) is 2.62. The number of alkyl halides is 1.